The minimum absolute atomic E-state index is 0.0269. The van der Waals surface area contributed by atoms with Gasteiger partial charge in [-0.3, -0.25) is 9.59 Å². The summed E-state index contributed by atoms with van der Waals surface area (Å²) < 4.78 is 5.52. The van der Waals surface area contributed by atoms with E-state index in [1.807, 2.05) is 6.08 Å². The number of ether oxygens (including phenoxy) is 1. The van der Waals surface area contributed by atoms with E-state index in [2.05, 4.69) is 19.2 Å². The molecule has 2 unspecified atom stereocenters. The van der Waals surface area contributed by atoms with Crippen LogP contribution in [0.4, 0.5) is 0 Å². The Hall–Kier alpha value is -1.40. The highest BCUT2D eigenvalue weighted by atomic mass is 16.5. The predicted molar refractivity (Wildman–Crippen MR) is 407 cm³/mol. The number of hydrogen-bond donors (Lipinski definition) is 3. The minimum Gasteiger partial charge on any atom is -0.466 e. The van der Waals surface area contributed by atoms with E-state index >= 15 is 0 Å². The van der Waals surface area contributed by atoms with Gasteiger partial charge in [-0.15, -0.1) is 0 Å². The van der Waals surface area contributed by atoms with Crippen molar-refractivity contribution in [2.75, 3.05) is 13.2 Å². The van der Waals surface area contributed by atoms with Gasteiger partial charge in [0, 0.05) is 12.8 Å². The van der Waals surface area contributed by atoms with Crippen molar-refractivity contribution in [3.63, 3.8) is 0 Å². The molecule has 0 aliphatic rings. The van der Waals surface area contributed by atoms with Crippen LogP contribution in [0.1, 0.15) is 502 Å². The predicted octanol–water partition coefficient (Wildman–Crippen LogP) is 28.6. The summed E-state index contributed by atoms with van der Waals surface area (Å²) in [6.45, 7) is 4.98. The van der Waals surface area contributed by atoms with Crippen LogP contribution < -0.4 is 5.32 Å². The van der Waals surface area contributed by atoms with E-state index in [9.17, 15) is 19.8 Å². The summed E-state index contributed by atoms with van der Waals surface area (Å²) in [6.07, 6.45) is 105. The summed E-state index contributed by atoms with van der Waals surface area (Å²) in [5.74, 6) is -0.0302. The molecule has 0 aromatic heterocycles. The minimum atomic E-state index is -0.843. The number of esters is 1. The lowest BCUT2D eigenvalue weighted by Gasteiger charge is -2.20. The van der Waals surface area contributed by atoms with Crippen molar-refractivity contribution in [2.24, 2.45) is 0 Å². The zero-order valence-corrected chi connectivity index (χ0v) is 63.1. The average Bonchev–Trinajstić information content (AvgIpc) is 3.77. The van der Waals surface area contributed by atoms with Crippen molar-refractivity contribution < 1.29 is 24.5 Å². The number of aliphatic hydroxyl groups excluding tert-OH is 2. The first-order valence-corrected chi connectivity index (χ1v) is 43.0. The fourth-order valence-electron chi connectivity index (χ4n) is 14.1. The maximum atomic E-state index is 12.6. The van der Waals surface area contributed by atoms with Gasteiger partial charge in [-0.2, -0.15) is 0 Å². The highest BCUT2D eigenvalue weighted by Gasteiger charge is 2.18. The van der Waals surface area contributed by atoms with E-state index in [4.69, 9.17) is 4.74 Å². The van der Waals surface area contributed by atoms with Crippen LogP contribution in [0.3, 0.4) is 0 Å². The molecule has 0 aromatic rings. The molecule has 0 spiro atoms. The molecule has 548 valence electrons. The highest BCUT2D eigenvalue weighted by Crippen LogP contribution is 2.21. The number of unbranched alkanes of at least 4 members (excludes halogenated alkanes) is 71. The molecule has 6 heteroatoms. The number of carbonyl (C=O) groups is 2. The Labute approximate surface area is 578 Å². The summed E-state index contributed by atoms with van der Waals surface area (Å²) in [7, 11) is 0. The van der Waals surface area contributed by atoms with Crippen molar-refractivity contribution >= 4 is 11.9 Å². The van der Waals surface area contributed by atoms with Crippen molar-refractivity contribution in [1.29, 1.82) is 0 Å². The van der Waals surface area contributed by atoms with Gasteiger partial charge in [-0.05, 0) is 32.1 Å². The Morgan fingerprint density at radius 2 is 0.500 bits per heavy atom. The molecule has 0 saturated heterocycles. The zero-order valence-electron chi connectivity index (χ0n) is 63.1. The molecule has 0 aliphatic heterocycles. The first-order valence-electron chi connectivity index (χ1n) is 43.0. The number of allylic oxidation sites excluding steroid dienone is 1. The van der Waals surface area contributed by atoms with Gasteiger partial charge in [0.05, 0.1) is 25.4 Å². The van der Waals surface area contributed by atoms with Crippen LogP contribution in [0, 0.1) is 0 Å². The fraction of sp³-hybridized carbons (Fsp3) is 0.953. The van der Waals surface area contributed by atoms with Crippen LogP contribution in [-0.2, 0) is 14.3 Å². The van der Waals surface area contributed by atoms with Crippen LogP contribution in [0.15, 0.2) is 12.2 Å². The average molecular weight is 1300 g/mol. The monoisotopic (exact) mass is 1300 g/mol. The van der Waals surface area contributed by atoms with Crippen molar-refractivity contribution in [3.8, 4) is 0 Å². The summed E-state index contributed by atoms with van der Waals surface area (Å²) in [6, 6.07) is -0.625. The van der Waals surface area contributed by atoms with Gasteiger partial charge in [-0.1, -0.05) is 469 Å². The lowest BCUT2D eigenvalue weighted by atomic mass is 10.0. The number of aliphatic hydroxyl groups is 2. The molecule has 2 atom stereocenters. The normalized spacial score (nSPS) is 12.4. The third-order valence-electron chi connectivity index (χ3n) is 20.6. The lowest BCUT2D eigenvalue weighted by molar-refractivity contribution is -0.143. The molecule has 0 aromatic carbocycles. The van der Waals surface area contributed by atoms with Crippen LogP contribution in [0.2, 0.25) is 0 Å². The van der Waals surface area contributed by atoms with Crippen molar-refractivity contribution in [1.82, 2.24) is 5.32 Å². The van der Waals surface area contributed by atoms with Crippen LogP contribution in [0.5, 0.6) is 0 Å². The lowest BCUT2D eigenvalue weighted by Crippen LogP contribution is -2.45. The molecule has 3 N–H and O–H groups in total. The van der Waals surface area contributed by atoms with Gasteiger partial charge in [0.1, 0.15) is 0 Å². The smallest absolute Gasteiger partial charge is 0.305 e. The molecule has 0 saturated carbocycles. The Bertz CT molecular complexity index is 1400. The van der Waals surface area contributed by atoms with Gasteiger partial charge in [0.25, 0.3) is 0 Å². The van der Waals surface area contributed by atoms with Gasteiger partial charge >= 0.3 is 5.97 Å². The zero-order chi connectivity index (χ0) is 66.3. The molecule has 1 amide bonds. The van der Waals surface area contributed by atoms with E-state index in [0.717, 1.165) is 38.5 Å². The standard InChI is InChI=1S/C86H169NO5/c1-3-5-7-9-11-13-15-17-19-21-23-24-25-34-37-40-43-46-50-54-58-62-66-70-74-78-84(89)83(82-88)87-85(90)79-75-71-67-63-59-55-51-47-44-41-38-35-32-30-28-26-27-29-31-33-36-39-42-45-49-53-57-61-65-69-73-77-81-92-86(91)80-76-72-68-64-60-56-52-48-22-20-18-16-14-12-10-8-6-4-2/h74,78,83-84,88-89H,3-73,75-77,79-82H2,1-2H3,(H,87,90)/b78-74+. The third-order valence-corrected chi connectivity index (χ3v) is 20.6. The fourth-order valence-corrected chi connectivity index (χ4v) is 14.1. The van der Waals surface area contributed by atoms with E-state index in [-0.39, 0.29) is 18.5 Å². The highest BCUT2D eigenvalue weighted by molar-refractivity contribution is 5.76. The number of nitrogens with one attached hydrogen (secondary N) is 1. The molecular weight excluding hydrogens is 1130 g/mol. The molecule has 0 bridgehead atoms. The summed E-state index contributed by atoms with van der Waals surface area (Å²) >= 11 is 0. The van der Waals surface area contributed by atoms with E-state index in [1.165, 1.54) is 437 Å². The second-order valence-electron chi connectivity index (χ2n) is 29.9. The largest absolute Gasteiger partial charge is 0.466 e. The second kappa shape index (κ2) is 82.0. The summed E-state index contributed by atoms with van der Waals surface area (Å²) in [5.41, 5.74) is 0. The molecule has 6 nitrogen and oxygen atoms in total. The summed E-state index contributed by atoms with van der Waals surface area (Å²) in [4.78, 5) is 24.7. The SMILES string of the molecule is CCCCCCCCCCCCCCCCCCCCCCCCC/C=C/C(O)C(CO)NC(=O)CCCCCCCCCCCCCCCCCCCCCCCCCCCCCCCCCCOC(=O)CCCCCCCCCCCCCCCCCCCC. The van der Waals surface area contributed by atoms with E-state index < -0.39 is 12.1 Å². The second-order valence-corrected chi connectivity index (χ2v) is 29.9. The third kappa shape index (κ3) is 77.6. The molecule has 0 heterocycles. The van der Waals surface area contributed by atoms with Crippen LogP contribution in [-0.4, -0.2) is 47.4 Å². The molecule has 0 radical (unpaired) electrons. The van der Waals surface area contributed by atoms with Gasteiger partial charge in [-0.25, -0.2) is 0 Å². The molecule has 0 rings (SSSR count). The van der Waals surface area contributed by atoms with Crippen molar-refractivity contribution in [3.05, 3.63) is 12.2 Å². The van der Waals surface area contributed by atoms with Crippen molar-refractivity contribution in [2.45, 2.75) is 514 Å². The number of hydrogen-bond acceptors (Lipinski definition) is 5. The Morgan fingerprint density at radius 3 is 0.739 bits per heavy atom. The van der Waals surface area contributed by atoms with Crippen LogP contribution in [0.25, 0.3) is 0 Å². The molecular formula is C86H169NO5. The first kappa shape index (κ1) is 90.6. The number of carbonyl (C=O) groups excluding carboxylic acids is 2. The maximum absolute atomic E-state index is 12.6. The van der Waals surface area contributed by atoms with Gasteiger partial charge < -0.3 is 20.3 Å². The molecule has 92 heavy (non-hydrogen) atoms. The quantitative estimate of drug-likeness (QED) is 0.0320. The Kier molecular flexibility index (Phi) is 80.8. The molecule has 0 fully saturated rings. The van der Waals surface area contributed by atoms with E-state index in [0.29, 0.717) is 19.4 Å². The molecule has 0 aliphatic carbocycles. The number of rotatable bonds is 82. The van der Waals surface area contributed by atoms with Gasteiger partial charge in [0.15, 0.2) is 0 Å². The first-order chi connectivity index (χ1) is 45.5. The number of amides is 1. The maximum Gasteiger partial charge on any atom is 0.305 e. The Balaban J connectivity index is 3.33. The topological polar surface area (TPSA) is 95.9 Å². The van der Waals surface area contributed by atoms with Crippen LogP contribution >= 0.6 is 0 Å². The Morgan fingerprint density at radius 1 is 0.293 bits per heavy atom. The summed E-state index contributed by atoms with van der Waals surface area (Å²) in [5, 5.41) is 23.3. The van der Waals surface area contributed by atoms with E-state index in [1.54, 1.807) is 6.08 Å². The van der Waals surface area contributed by atoms with Gasteiger partial charge in [0.2, 0.25) is 5.91 Å².